The molecule has 0 aliphatic heterocycles. The van der Waals surface area contributed by atoms with E-state index in [0.29, 0.717) is 6.42 Å². The predicted octanol–water partition coefficient (Wildman–Crippen LogP) is 3.66. The highest BCUT2D eigenvalue weighted by Crippen LogP contribution is 2.19. The van der Waals surface area contributed by atoms with E-state index in [1.807, 2.05) is 0 Å². The average Bonchev–Trinajstić information content (AvgIpc) is 2.42. The van der Waals surface area contributed by atoms with Crippen LogP contribution in [-0.2, 0) is 9.84 Å². The van der Waals surface area contributed by atoms with Crippen molar-refractivity contribution in [2.45, 2.75) is 50.3 Å². The van der Waals surface area contributed by atoms with Gasteiger partial charge in [0.2, 0.25) is 0 Å². The second-order valence-corrected chi connectivity index (χ2v) is 7.11. The van der Waals surface area contributed by atoms with Crippen LogP contribution in [0.15, 0.2) is 23.1 Å². The van der Waals surface area contributed by atoms with Crippen molar-refractivity contribution in [3.63, 3.8) is 0 Å². The van der Waals surface area contributed by atoms with Crippen LogP contribution >= 0.6 is 0 Å². The van der Waals surface area contributed by atoms with Gasteiger partial charge in [-0.25, -0.2) is 17.6 Å². The Bertz CT molecular complexity index is 581. The Balaban J connectivity index is 2.70. The lowest BCUT2D eigenvalue weighted by Gasteiger charge is -2.07. The van der Waals surface area contributed by atoms with Gasteiger partial charge >= 0.3 is 5.97 Å². The van der Waals surface area contributed by atoms with E-state index in [-0.39, 0.29) is 11.3 Å². The first-order chi connectivity index (χ1) is 9.88. The average molecular weight is 316 g/mol. The van der Waals surface area contributed by atoms with Crippen LogP contribution in [-0.4, -0.2) is 25.2 Å². The van der Waals surface area contributed by atoms with Crippen LogP contribution in [0.25, 0.3) is 0 Å². The number of unbranched alkanes of at least 4 members (excludes halogenated alkanes) is 5. The molecule has 1 N–H and O–H groups in total. The largest absolute Gasteiger partial charge is 0.478 e. The standard InChI is InChI=1S/C15H21FO4S/c1-2-3-4-5-6-7-10-21(19,20)14-11-12(15(17)18)8-9-13(14)16/h8-9,11H,2-7,10H2,1H3,(H,17,18). The van der Waals surface area contributed by atoms with E-state index in [1.165, 1.54) is 0 Å². The zero-order valence-electron chi connectivity index (χ0n) is 12.1. The third-order valence-corrected chi connectivity index (χ3v) is 5.09. The molecule has 0 bridgehead atoms. The molecule has 0 aliphatic carbocycles. The molecule has 118 valence electrons. The minimum atomic E-state index is -3.78. The molecule has 1 aromatic carbocycles. The Morgan fingerprint density at radius 1 is 1.14 bits per heavy atom. The third kappa shape index (κ3) is 5.46. The molecule has 21 heavy (non-hydrogen) atoms. The quantitative estimate of drug-likeness (QED) is 0.706. The van der Waals surface area contributed by atoms with Crippen molar-refractivity contribution in [2.24, 2.45) is 0 Å². The van der Waals surface area contributed by atoms with Crippen molar-refractivity contribution in [1.82, 2.24) is 0 Å². The Hall–Kier alpha value is -1.43. The number of rotatable bonds is 9. The summed E-state index contributed by atoms with van der Waals surface area (Å²) >= 11 is 0. The van der Waals surface area contributed by atoms with E-state index in [9.17, 15) is 17.6 Å². The van der Waals surface area contributed by atoms with E-state index < -0.39 is 26.5 Å². The molecule has 0 heterocycles. The van der Waals surface area contributed by atoms with E-state index in [1.54, 1.807) is 0 Å². The zero-order valence-corrected chi connectivity index (χ0v) is 13.0. The number of aromatic carboxylic acids is 1. The van der Waals surface area contributed by atoms with Gasteiger partial charge in [-0.05, 0) is 24.6 Å². The van der Waals surface area contributed by atoms with Gasteiger partial charge in [0.05, 0.1) is 11.3 Å². The third-order valence-electron chi connectivity index (χ3n) is 3.28. The second-order valence-electron chi connectivity index (χ2n) is 5.04. The molecular weight excluding hydrogens is 295 g/mol. The van der Waals surface area contributed by atoms with Crippen molar-refractivity contribution in [2.75, 3.05) is 5.75 Å². The fourth-order valence-electron chi connectivity index (χ4n) is 2.06. The Labute approximate surface area is 124 Å². The van der Waals surface area contributed by atoms with Gasteiger partial charge in [0.25, 0.3) is 0 Å². The first-order valence-electron chi connectivity index (χ1n) is 7.14. The topological polar surface area (TPSA) is 71.4 Å². The van der Waals surface area contributed by atoms with E-state index in [2.05, 4.69) is 6.92 Å². The summed E-state index contributed by atoms with van der Waals surface area (Å²) in [7, 11) is -3.78. The van der Waals surface area contributed by atoms with Gasteiger partial charge in [0.1, 0.15) is 10.7 Å². The molecule has 0 amide bonds. The van der Waals surface area contributed by atoms with Crippen LogP contribution in [0.3, 0.4) is 0 Å². The molecule has 0 radical (unpaired) electrons. The number of carbonyl (C=O) groups is 1. The zero-order chi connectivity index (χ0) is 15.9. The SMILES string of the molecule is CCCCCCCCS(=O)(=O)c1cc(C(=O)O)ccc1F. The summed E-state index contributed by atoms with van der Waals surface area (Å²) in [6.07, 6.45) is 5.51. The molecule has 0 saturated heterocycles. The molecule has 6 heteroatoms. The summed E-state index contributed by atoms with van der Waals surface area (Å²) in [6, 6.07) is 2.84. The molecule has 0 unspecified atom stereocenters. The summed E-state index contributed by atoms with van der Waals surface area (Å²) in [6.45, 7) is 2.10. The lowest BCUT2D eigenvalue weighted by Crippen LogP contribution is -2.10. The fraction of sp³-hybridized carbons (Fsp3) is 0.533. The van der Waals surface area contributed by atoms with E-state index in [0.717, 1.165) is 50.3 Å². The monoisotopic (exact) mass is 316 g/mol. The molecule has 0 atom stereocenters. The predicted molar refractivity (Wildman–Crippen MR) is 78.8 cm³/mol. The van der Waals surface area contributed by atoms with Crippen molar-refractivity contribution < 1.29 is 22.7 Å². The van der Waals surface area contributed by atoms with Crippen LogP contribution < -0.4 is 0 Å². The number of hydrogen-bond donors (Lipinski definition) is 1. The van der Waals surface area contributed by atoms with Crippen LogP contribution in [0.1, 0.15) is 55.8 Å². The van der Waals surface area contributed by atoms with Gasteiger partial charge in [0, 0.05) is 0 Å². The van der Waals surface area contributed by atoms with Crippen LogP contribution in [0.5, 0.6) is 0 Å². The Kier molecular flexibility index (Phi) is 6.81. The minimum Gasteiger partial charge on any atom is -0.478 e. The van der Waals surface area contributed by atoms with Crippen molar-refractivity contribution in [1.29, 1.82) is 0 Å². The normalized spacial score (nSPS) is 11.5. The highest BCUT2D eigenvalue weighted by Gasteiger charge is 2.20. The maximum atomic E-state index is 13.6. The maximum Gasteiger partial charge on any atom is 0.335 e. The molecule has 0 aliphatic rings. The summed E-state index contributed by atoms with van der Waals surface area (Å²) in [5.74, 6) is -2.32. The van der Waals surface area contributed by atoms with Crippen molar-refractivity contribution in [3.05, 3.63) is 29.6 Å². The summed E-state index contributed by atoms with van der Waals surface area (Å²) < 4.78 is 37.8. The van der Waals surface area contributed by atoms with E-state index in [4.69, 9.17) is 5.11 Å². The first-order valence-corrected chi connectivity index (χ1v) is 8.79. The van der Waals surface area contributed by atoms with Gasteiger partial charge in [-0.3, -0.25) is 0 Å². The Morgan fingerprint density at radius 2 is 1.76 bits per heavy atom. The fourth-order valence-corrected chi connectivity index (χ4v) is 3.53. The number of carboxylic acid groups (broad SMARTS) is 1. The second kappa shape index (κ2) is 8.12. The van der Waals surface area contributed by atoms with Crippen LogP contribution in [0.4, 0.5) is 4.39 Å². The molecule has 0 aromatic heterocycles. The number of carboxylic acids is 1. The number of halogens is 1. The molecule has 1 aromatic rings. The summed E-state index contributed by atoms with van der Waals surface area (Å²) in [5.41, 5.74) is -0.224. The van der Waals surface area contributed by atoms with Gasteiger partial charge in [-0.1, -0.05) is 39.0 Å². The van der Waals surface area contributed by atoms with Gasteiger partial charge in [0.15, 0.2) is 9.84 Å². The Morgan fingerprint density at radius 3 is 2.38 bits per heavy atom. The molecular formula is C15H21FO4S. The van der Waals surface area contributed by atoms with Gasteiger partial charge in [-0.2, -0.15) is 0 Å². The highest BCUT2D eigenvalue weighted by atomic mass is 32.2. The molecule has 4 nitrogen and oxygen atoms in total. The first kappa shape index (κ1) is 17.6. The highest BCUT2D eigenvalue weighted by molar-refractivity contribution is 7.91. The molecule has 0 saturated carbocycles. The molecule has 0 spiro atoms. The summed E-state index contributed by atoms with van der Waals surface area (Å²) in [5, 5.41) is 8.85. The number of benzene rings is 1. The maximum absolute atomic E-state index is 13.6. The molecule has 0 fully saturated rings. The van der Waals surface area contributed by atoms with Gasteiger partial charge < -0.3 is 5.11 Å². The minimum absolute atomic E-state index is 0.154. The van der Waals surface area contributed by atoms with Crippen molar-refractivity contribution >= 4 is 15.8 Å². The lowest BCUT2D eigenvalue weighted by molar-refractivity contribution is 0.0696. The smallest absolute Gasteiger partial charge is 0.335 e. The van der Waals surface area contributed by atoms with E-state index >= 15 is 0 Å². The lowest BCUT2D eigenvalue weighted by atomic mass is 10.1. The number of hydrogen-bond acceptors (Lipinski definition) is 3. The summed E-state index contributed by atoms with van der Waals surface area (Å²) in [4.78, 5) is 10.3. The van der Waals surface area contributed by atoms with Crippen LogP contribution in [0.2, 0.25) is 0 Å². The van der Waals surface area contributed by atoms with Crippen LogP contribution in [0, 0.1) is 5.82 Å². The van der Waals surface area contributed by atoms with Crippen molar-refractivity contribution in [3.8, 4) is 0 Å². The van der Waals surface area contributed by atoms with Gasteiger partial charge in [-0.15, -0.1) is 0 Å². The number of sulfone groups is 1. The molecule has 1 rings (SSSR count).